The van der Waals surface area contributed by atoms with Gasteiger partial charge >= 0.3 is 6.18 Å². The van der Waals surface area contributed by atoms with Crippen molar-refractivity contribution >= 4 is 5.78 Å². The van der Waals surface area contributed by atoms with Crippen LogP contribution in [0.15, 0.2) is 0 Å². The minimum Gasteiger partial charge on any atom is -0.391 e. The Morgan fingerprint density at radius 3 is 1.73 bits per heavy atom. The minimum atomic E-state index is -5.31. The van der Waals surface area contributed by atoms with Crippen LogP contribution < -0.4 is 0 Å². The van der Waals surface area contributed by atoms with Crippen molar-refractivity contribution in [2.45, 2.75) is 37.5 Å². The second-order valence-electron chi connectivity index (χ2n) is 3.03. The molecule has 0 saturated heterocycles. The topological polar surface area (TPSA) is 98.0 Å². The first-order chi connectivity index (χ1) is 6.59. The van der Waals surface area contributed by atoms with E-state index in [0.29, 0.717) is 0 Å². The zero-order valence-corrected chi connectivity index (χ0v) is 7.64. The Labute approximate surface area is 82.8 Å². The van der Waals surface area contributed by atoms with Crippen molar-refractivity contribution in [3.63, 3.8) is 0 Å². The second-order valence-corrected chi connectivity index (χ2v) is 3.03. The van der Waals surface area contributed by atoms with Gasteiger partial charge in [-0.1, -0.05) is 0 Å². The molecule has 0 fully saturated rings. The largest absolute Gasteiger partial charge is 0.452 e. The first kappa shape index (κ1) is 14.3. The molecule has 0 aliphatic rings. The summed E-state index contributed by atoms with van der Waals surface area (Å²) < 4.78 is 35.3. The standard InChI is InChI=1S/C7H11F3O5/c1-2(11)3(12)4(13)5(14)6(15)7(8,9)10/h2-5,11-14H,1H3/t2-,3+,4+,5-/m0/s1. The number of halogens is 3. The number of rotatable bonds is 4. The third kappa shape index (κ3) is 3.74. The summed E-state index contributed by atoms with van der Waals surface area (Å²) in [5, 5.41) is 35.3. The predicted octanol–water partition coefficient (Wildman–Crippen LogP) is -1.42. The van der Waals surface area contributed by atoms with Crippen LogP contribution in [-0.4, -0.2) is 56.8 Å². The molecule has 4 atom stereocenters. The van der Waals surface area contributed by atoms with Crippen LogP contribution in [0.4, 0.5) is 13.2 Å². The maximum absolute atomic E-state index is 11.8. The Bertz CT molecular complexity index is 227. The molecule has 0 heterocycles. The maximum Gasteiger partial charge on any atom is 0.452 e. The highest BCUT2D eigenvalue weighted by molar-refractivity contribution is 5.88. The molecule has 0 bridgehead atoms. The third-order valence-electron chi connectivity index (χ3n) is 1.72. The van der Waals surface area contributed by atoms with Crippen molar-refractivity contribution in [2.24, 2.45) is 0 Å². The SMILES string of the molecule is C[C@H](O)[C@@H](O)[C@@H](O)[C@H](O)C(=O)C(F)(F)F. The lowest BCUT2D eigenvalue weighted by Gasteiger charge is -2.24. The summed E-state index contributed by atoms with van der Waals surface area (Å²) in [6.45, 7) is 0.985. The molecule has 0 spiro atoms. The molecule has 0 aliphatic carbocycles. The van der Waals surface area contributed by atoms with Crippen molar-refractivity contribution in [1.82, 2.24) is 0 Å². The van der Waals surface area contributed by atoms with Gasteiger partial charge in [-0.25, -0.2) is 0 Å². The van der Waals surface area contributed by atoms with Crippen molar-refractivity contribution in [3.05, 3.63) is 0 Å². The summed E-state index contributed by atoms with van der Waals surface area (Å²) in [4.78, 5) is 10.4. The number of carbonyl (C=O) groups excluding carboxylic acids is 1. The van der Waals surface area contributed by atoms with Crippen LogP contribution >= 0.6 is 0 Å². The Balaban J connectivity index is 4.58. The number of hydrogen-bond acceptors (Lipinski definition) is 5. The highest BCUT2D eigenvalue weighted by atomic mass is 19.4. The number of ketones is 1. The van der Waals surface area contributed by atoms with E-state index in [-0.39, 0.29) is 0 Å². The number of aliphatic hydroxyl groups excluding tert-OH is 4. The Morgan fingerprint density at radius 2 is 1.47 bits per heavy atom. The summed E-state index contributed by atoms with van der Waals surface area (Å²) in [6.07, 6.45) is -14.1. The molecule has 0 radical (unpaired) electrons. The summed E-state index contributed by atoms with van der Waals surface area (Å²) in [5.41, 5.74) is 0. The molecular weight excluding hydrogens is 221 g/mol. The lowest BCUT2D eigenvalue weighted by Crippen LogP contribution is -2.50. The summed E-state index contributed by atoms with van der Waals surface area (Å²) in [7, 11) is 0. The molecule has 0 unspecified atom stereocenters. The number of alkyl halides is 3. The van der Waals surface area contributed by atoms with Gasteiger partial charge in [-0.3, -0.25) is 4.79 Å². The van der Waals surface area contributed by atoms with E-state index >= 15 is 0 Å². The van der Waals surface area contributed by atoms with Gasteiger partial charge in [0.2, 0.25) is 0 Å². The Kier molecular flexibility index (Phi) is 4.65. The van der Waals surface area contributed by atoms with Gasteiger partial charge in [-0.05, 0) is 6.92 Å². The van der Waals surface area contributed by atoms with E-state index in [1.807, 2.05) is 0 Å². The van der Waals surface area contributed by atoms with Crippen LogP contribution in [0.2, 0.25) is 0 Å². The van der Waals surface area contributed by atoms with Gasteiger partial charge in [0.05, 0.1) is 6.10 Å². The highest BCUT2D eigenvalue weighted by Gasteiger charge is 2.47. The fourth-order valence-electron chi connectivity index (χ4n) is 0.795. The third-order valence-corrected chi connectivity index (χ3v) is 1.72. The summed E-state index contributed by atoms with van der Waals surface area (Å²) in [5.74, 6) is -2.57. The fraction of sp³-hybridized carbons (Fsp3) is 0.857. The predicted molar refractivity (Wildman–Crippen MR) is 40.8 cm³/mol. The molecule has 0 aromatic heterocycles. The fourth-order valence-corrected chi connectivity index (χ4v) is 0.795. The summed E-state index contributed by atoms with van der Waals surface area (Å²) in [6, 6.07) is 0. The number of Topliss-reactive ketones (excluding diaryl/α,β-unsaturated/α-hetero) is 1. The Morgan fingerprint density at radius 1 is 1.07 bits per heavy atom. The van der Waals surface area contributed by atoms with Gasteiger partial charge < -0.3 is 20.4 Å². The van der Waals surface area contributed by atoms with Gasteiger partial charge in [0.1, 0.15) is 12.2 Å². The molecule has 90 valence electrons. The van der Waals surface area contributed by atoms with Gasteiger partial charge in [-0.2, -0.15) is 13.2 Å². The quantitative estimate of drug-likeness (QED) is 0.477. The molecule has 0 amide bonds. The van der Waals surface area contributed by atoms with Crippen molar-refractivity contribution in [3.8, 4) is 0 Å². The van der Waals surface area contributed by atoms with Crippen molar-refractivity contribution in [1.29, 1.82) is 0 Å². The molecule has 8 heteroatoms. The average Bonchev–Trinajstić information content (AvgIpc) is 2.11. The first-order valence-corrected chi connectivity index (χ1v) is 3.92. The first-order valence-electron chi connectivity index (χ1n) is 3.92. The lowest BCUT2D eigenvalue weighted by atomic mass is 10.0. The highest BCUT2D eigenvalue weighted by Crippen LogP contribution is 2.20. The van der Waals surface area contributed by atoms with E-state index in [1.165, 1.54) is 0 Å². The maximum atomic E-state index is 11.8. The van der Waals surface area contributed by atoms with Gasteiger partial charge in [0.25, 0.3) is 5.78 Å². The van der Waals surface area contributed by atoms with Gasteiger partial charge in [0, 0.05) is 0 Å². The summed E-state index contributed by atoms with van der Waals surface area (Å²) >= 11 is 0. The van der Waals surface area contributed by atoms with Gasteiger partial charge in [-0.15, -0.1) is 0 Å². The number of carbonyl (C=O) groups is 1. The van der Waals surface area contributed by atoms with Crippen LogP contribution in [0, 0.1) is 0 Å². The Hall–Kier alpha value is -0.700. The molecule has 0 aromatic carbocycles. The van der Waals surface area contributed by atoms with E-state index in [1.54, 1.807) is 0 Å². The molecule has 0 aromatic rings. The normalized spacial score (nSPS) is 20.5. The smallest absolute Gasteiger partial charge is 0.391 e. The van der Waals surface area contributed by atoms with Crippen molar-refractivity contribution in [2.75, 3.05) is 0 Å². The van der Waals surface area contributed by atoms with E-state index in [9.17, 15) is 18.0 Å². The monoisotopic (exact) mass is 232 g/mol. The molecular formula is C7H11F3O5. The average molecular weight is 232 g/mol. The molecule has 0 saturated carbocycles. The van der Waals surface area contributed by atoms with Crippen LogP contribution in [0.25, 0.3) is 0 Å². The molecule has 0 aliphatic heterocycles. The minimum absolute atomic E-state index is 0.985. The number of aliphatic hydroxyl groups is 4. The van der Waals surface area contributed by atoms with E-state index in [2.05, 4.69) is 0 Å². The van der Waals surface area contributed by atoms with Crippen molar-refractivity contribution < 1.29 is 38.4 Å². The van der Waals surface area contributed by atoms with Crippen LogP contribution in [0.1, 0.15) is 6.92 Å². The molecule has 15 heavy (non-hydrogen) atoms. The van der Waals surface area contributed by atoms with Gasteiger partial charge in [0.15, 0.2) is 6.10 Å². The van der Waals surface area contributed by atoms with Crippen LogP contribution in [0.5, 0.6) is 0 Å². The van der Waals surface area contributed by atoms with Crippen LogP contribution in [-0.2, 0) is 4.79 Å². The van der Waals surface area contributed by atoms with Crippen LogP contribution in [0.3, 0.4) is 0 Å². The molecule has 4 N–H and O–H groups in total. The number of hydrogen-bond donors (Lipinski definition) is 4. The molecule has 0 rings (SSSR count). The second kappa shape index (κ2) is 4.88. The van der Waals surface area contributed by atoms with E-state index in [0.717, 1.165) is 6.92 Å². The lowest BCUT2D eigenvalue weighted by molar-refractivity contribution is -0.190. The van der Waals surface area contributed by atoms with E-state index in [4.69, 9.17) is 20.4 Å². The van der Waals surface area contributed by atoms with E-state index < -0.39 is 36.4 Å². The molecule has 5 nitrogen and oxygen atoms in total. The zero-order chi connectivity index (χ0) is 12.4. The zero-order valence-electron chi connectivity index (χ0n) is 7.64.